The maximum atomic E-state index is 11.5. The van der Waals surface area contributed by atoms with Gasteiger partial charge in [0.25, 0.3) is 0 Å². The first-order chi connectivity index (χ1) is 8.11. The predicted molar refractivity (Wildman–Crippen MR) is 78.6 cm³/mol. The Hall–Kier alpha value is -0.770. The zero-order valence-electron chi connectivity index (χ0n) is 10.7. The second-order valence-electron chi connectivity index (χ2n) is 4.12. The molecular weight excluding hydrogens is 271 g/mol. The molecule has 0 heterocycles. The normalized spacial score (nSPS) is 11.5. The Morgan fingerprint density at radius 2 is 1.94 bits per heavy atom. The van der Waals surface area contributed by atoms with Crippen molar-refractivity contribution in [1.82, 2.24) is 10.6 Å². The molecule has 2 N–H and O–H groups in total. The number of likely N-dealkylation sites (N-methyl/N-ethyl adjacent to an activating group) is 1. The van der Waals surface area contributed by atoms with Gasteiger partial charge in [0.2, 0.25) is 5.91 Å². The first-order valence-electron chi connectivity index (χ1n) is 5.80. The summed E-state index contributed by atoms with van der Waals surface area (Å²) < 4.78 is 0. The standard InChI is InChI=1S/C13H19ClN2O.ClH/c1-10(15-2)9-16-13(17)8-5-11-3-6-12(14)7-4-11;/h3-4,6-7,10,15H,5,8-9H2,1-2H3,(H,16,17);1H. The fourth-order valence-corrected chi connectivity index (χ4v) is 1.49. The van der Waals surface area contributed by atoms with E-state index in [0.717, 1.165) is 17.0 Å². The van der Waals surface area contributed by atoms with Gasteiger partial charge in [0, 0.05) is 24.0 Å². The fraction of sp³-hybridized carbons (Fsp3) is 0.462. The number of rotatable bonds is 6. The van der Waals surface area contributed by atoms with Gasteiger partial charge >= 0.3 is 0 Å². The minimum atomic E-state index is 0. The molecule has 1 unspecified atom stereocenters. The van der Waals surface area contributed by atoms with Gasteiger partial charge in [-0.25, -0.2) is 0 Å². The summed E-state index contributed by atoms with van der Waals surface area (Å²) in [7, 11) is 1.88. The number of benzene rings is 1. The molecule has 0 saturated carbocycles. The van der Waals surface area contributed by atoms with Crippen molar-refractivity contribution in [3.63, 3.8) is 0 Å². The summed E-state index contributed by atoms with van der Waals surface area (Å²) in [5, 5.41) is 6.68. The summed E-state index contributed by atoms with van der Waals surface area (Å²) in [6, 6.07) is 7.89. The summed E-state index contributed by atoms with van der Waals surface area (Å²) in [6.07, 6.45) is 1.26. The van der Waals surface area contributed by atoms with Crippen LogP contribution in [0.15, 0.2) is 24.3 Å². The molecule has 18 heavy (non-hydrogen) atoms. The highest BCUT2D eigenvalue weighted by molar-refractivity contribution is 6.30. The van der Waals surface area contributed by atoms with Crippen LogP contribution in [0.3, 0.4) is 0 Å². The molecule has 1 aromatic carbocycles. The first kappa shape index (κ1) is 17.2. The molecule has 0 bridgehead atoms. The third-order valence-corrected chi connectivity index (χ3v) is 2.90. The molecule has 5 heteroatoms. The second kappa shape index (κ2) is 9.20. The van der Waals surface area contributed by atoms with Crippen molar-refractivity contribution in [3.05, 3.63) is 34.9 Å². The Morgan fingerprint density at radius 3 is 2.50 bits per heavy atom. The molecular formula is C13H20Cl2N2O. The Bertz CT molecular complexity index is 355. The number of aryl methyl sites for hydroxylation is 1. The monoisotopic (exact) mass is 290 g/mol. The molecule has 0 aromatic heterocycles. The van der Waals surface area contributed by atoms with E-state index in [9.17, 15) is 4.79 Å². The van der Waals surface area contributed by atoms with Gasteiger partial charge in [-0.1, -0.05) is 23.7 Å². The fourth-order valence-electron chi connectivity index (χ4n) is 1.37. The zero-order chi connectivity index (χ0) is 12.7. The van der Waals surface area contributed by atoms with Crippen molar-refractivity contribution in [1.29, 1.82) is 0 Å². The largest absolute Gasteiger partial charge is 0.355 e. The van der Waals surface area contributed by atoms with Crippen LogP contribution in [-0.4, -0.2) is 25.5 Å². The van der Waals surface area contributed by atoms with Crippen LogP contribution in [0.2, 0.25) is 5.02 Å². The number of halogens is 2. The van der Waals surface area contributed by atoms with Gasteiger partial charge in [0.1, 0.15) is 0 Å². The lowest BCUT2D eigenvalue weighted by atomic mass is 10.1. The van der Waals surface area contributed by atoms with Crippen molar-refractivity contribution in [3.8, 4) is 0 Å². The van der Waals surface area contributed by atoms with Crippen LogP contribution in [0, 0.1) is 0 Å². The lowest BCUT2D eigenvalue weighted by Gasteiger charge is -2.11. The van der Waals surface area contributed by atoms with E-state index in [1.807, 2.05) is 38.2 Å². The van der Waals surface area contributed by atoms with Crippen molar-refractivity contribution < 1.29 is 4.79 Å². The molecule has 3 nitrogen and oxygen atoms in total. The third-order valence-electron chi connectivity index (χ3n) is 2.65. The lowest BCUT2D eigenvalue weighted by molar-refractivity contribution is -0.121. The molecule has 1 atom stereocenters. The average molecular weight is 291 g/mol. The van der Waals surface area contributed by atoms with Gasteiger partial charge in [-0.3, -0.25) is 4.79 Å². The van der Waals surface area contributed by atoms with Crippen LogP contribution in [0.1, 0.15) is 18.9 Å². The summed E-state index contributed by atoms with van der Waals surface area (Å²) >= 11 is 5.79. The van der Waals surface area contributed by atoms with E-state index in [1.165, 1.54) is 0 Å². The number of hydrogen-bond acceptors (Lipinski definition) is 2. The van der Waals surface area contributed by atoms with E-state index in [1.54, 1.807) is 0 Å². The Balaban J connectivity index is 0.00000289. The quantitative estimate of drug-likeness (QED) is 0.845. The van der Waals surface area contributed by atoms with Crippen molar-refractivity contribution >= 4 is 29.9 Å². The number of amides is 1. The Kier molecular flexibility index (Phi) is 8.81. The van der Waals surface area contributed by atoms with E-state index in [0.29, 0.717) is 19.0 Å². The highest BCUT2D eigenvalue weighted by atomic mass is 35.5. The topological polar surface area (TPSA) is 41.1 Å². The molecule has 1 aromatic rings. The Morgan fingerprint density at radius 1 is 1.33 bits per heavy atom. The van der Waals surface area contributed by atoms with Crippen LogP contribution in [0.25, 0.3) is 0 Å². The number of nitrogens with one attached hydrogen (secondary N) is 2. The van der Waals surface area contributed by atoms with E-state index in [2.05, 4.69) is 10.6 Å². The highest BCUT2D eigenvalue weighted by Gasteiger charge is 2.04. The zero-order valence-corrected chi connectivity index (χ0v) is 12.3. The molecule has 0 radical (unpaired) electrons. The Labute approximate surface area is 120 Å². The average Bonchev–Trinajstić information content (AvgIpc) is 2.35. The number of carbonyl (C=O) groups is 1. The summed E-state index contributed by atoms with van der Waals surface area (Å²) in [5.74, 6) is 0.0852. The molecule has 102 valence electrons. The van der Waals surface area contributed by atoms with E-state index in [4.69, 9.17) is 11.6 Å². The van der Waals surface area contributed by atoms with Gasteiger partial charge in [-0.05, 0) is 38.1 Å². The summed E-state index contributed by atoms with van der Waals surface area (Å²) in [5.41, 5.74) is 1.13. The molecule has 1 rings (SSSR count). The molecule has 0 aliphatic carbocycles. The van der Waals surface area contributed by atoms with Crippen LogP contribution in [0.4, 0.5) is 0 Å². The predicted octanol–water partition coefficient (Wildman–Crippen LogP) is 2.42. The van der Waals surface area contributed by atoms with Crippen LogP contribution in [0.5, 0.6) is 0 Å². The van der Waals surface area contributed by atoms with Crippen LogP contribution >= 0.6 is 24.0 Å². The first-order valence-corrected chi connectivity index (χ1v) is 6.18. The van der Waals surface area contributed by atoms with Crippen molar-refractivity contribution in [2.24, 2.45) is 0 Å². The molecule has 1 amide bonds. The van der Waals surface area contributed by atoms with Gasteiger partial charge in [-0.15, -0.1) is 12.4 Å². The van der Waals surface area contributed by atoms with E-state index < -0.39 is 0 Å². The third kappa shape index (κ3) is 6.84. The van der Waals surface area contributed by atoms with Crippen LogP contribution < -0.4 is 10.6 Å². The summed E-state index contributed by atoms with van der Waals surface area (Å²) in [6.45, 7) is 2.69. The maximum absolute atomic E-state index is 11.5. The lowest BCUT2D eigenvalue weighted by Crippen LogP contribution is -2.37. The molecule has 0 fully saturated rings. The van der Waals surface area contributed by atoms with E-state index >= 15 is 0 Å². The number of carbonyl (C=O) groups excluding carboxylic acids is 1. The van der Waals surface area contributed by atoms with Crippen LogP contribution in [-0.2, 0) is 11.2 Å². The minimum Gasteiger partial charge on any atom is -0.355 e. The van der Waals surface area contributed by atoms with Gasteiger partial charge in [0.05, 0.1) is 0 Å². The van der Waals surface area contributed by atoms with Crippen molar-refractivity contribution in [2.75, 3.05) is 13.6 Å². The van der Waals surface area contributed by atoms with Gasteiger partial charge in [0.15, 0.2) is 0 Å². The SMILES string of the molecule is CNC(C)CNC(=O)CCc1ccc(Cl)cc1.Cl. The molecule has 0 aliphatic heterocycles. The minimum absolute atomic E-state index is 0. The van der Waals surface area contributed by atoms with Gasteiger partial charge in [-0.2, -0.15) is 0 Å². The molecule has 0 saturated heterocycles. The second-order valence-corrected chi connectivity index (χ2v) is 4.56. The number of hydrogen-bond donors (Lipinski definition) is 2. The van der Waals surface area contributed by atoms with E-state index in [-0.39, 0.29) is 18.3 Å². The smallest absolute Gasteiger partial charge is 0.220 e. The molecule has 0 aliphatic rings. The highest BCUT2D eigenvalue weighted by Crippen LogP contribution is 2.10. The van der Waals surface area contributed by atoms with Crippen molar-refractivity contribution in [2.45, 2.75) is 25.8 Å². The van der Waals surface area contributed by atoms with Gasteiger partial charge < -0.3 is 10.6 Å². The maximum Gasteiger partial charge on any atom is 0.220 e. The summed E-state index contributed by atoms with van der Waals surface area (Å²) in [4.78, 5) is 11.5. The molecule has 0 spiro atoms.